The third-order valence-corrected chi connectivity index (χ3v) is 1.70. The Morgan fingerprint density at radius 3 is 2.12 bits per heavy atom. The molecular formula is C4H9O2SU-. The summed E-state index contributed by atoms with van der Waals surface area (Å²) in [4.78, 5) is 0. The number of rotatable bonds is 0. The molecule has 0 aromatic heterocycles. The van der Waals surface area contributed by atoms with Gasteiger partial charge in [-0.05, 0) is 5.75 Å². The molecule has 1 heterocycles. The van der Waals surface area contributed by atoms with Gasteiger partial charge in [0.15, 0.2) is 0 Å². The van der Waals surface area contributed by atoms with Crippen LogP contribution in [0.25, 0.3) is 0 Å². The minimum Gasteiger partial charge on any atom is -0.351 e. The average molecular weight is 359 g/mol. The zero-order chi connectivity index (χ0) is 5.54. The normalized spacial score (nSPS) is 15.8. The van der Waals surface area contributed by atoms with Crippen molar-refractivity contribution < 1.29 is 41.6 Å². The summed E-state index contributed by atoms with van der Waals surface area (Å²) in [7, 11) is 0. The molecule has 0 aromatic rings. The van der Waals surface area contributed by atoms with Crippen LogP contribution in [-0.2, 0) is 0 Å². The van der Waals surface area contributed by atoms with Gasteiger partial charge in [-0.1, -0.05) is 6.42 Å². The predicted octanol–water partition coefficient (Wildman–Crippen LogP) is 1.69. The summed E-state index contributed by atoms with van der Waals surface area (Å²) in [5.74, 6) is 3.64. The maximum Gasteiger partial charge on any atom is 0 e. The molecule has 0 saturated carbocycles. The van der Waals surface area contributed by atoms with E-state index < -0.39 is 0 Å². The van der Waals surface area contributed by atoms with Gasteiger partial charge in [0.25, 0.3) is 0 Å². The molecule has 1 aliphatic heterocycles. The van der Waals surface area contributed by atoms with Crippen LogP contribution in [0.3, 0.4) is 0 Å². The molecule has 0 spiro atoms. The Hall–Kier alpha value is 1.32. The van der Waals surface area contributed by atoms with Crippen molar-refractivity contribution in [1.82, 2.24) is 0 Å². The molecule has 0 bridgehead atoms. The van der Waals surface area contributed by atoms with Gasteiger partial charge < -0.3 is 11.8 Å². The van der Waals surface area contributed by atoms with Crippen LogP contribution in [0.5, 0.6) is 0 Å². The summed E-state index contributed by atoms with van der Waals surface area (Å²) in [6, 6.07) is 0. The molecule has 0 amide bonds. The standard InChI is InChI=1S/C4H7S.H2O2.U/c1-2-4-5-3-1;1-2;/h3H,1-2,4H2;1-2H;/q-1;;. The molecule has 2 nitrogen and oxygen atoms in total. The number of hydrogen-bond acceptors (Lipinski definition) is 3. The molecule has 2 N–H and O–H groups in total. The van der Waals surface area contributed by atoms with Gasteiger partial charge in [0, 0.05) is 31.1 Å². The van der Waals surface area contributed by atoms with E-state index in [1.165, 1.54) is 18.6 Å². The zero-order valence-electron chi connectivity index (χ0n) is 4.50. The van der Waals surface area contributed by atoms with Crippen LogP contribution in [0.2, 0.25) is 0 Å². The zero-order valence-corrected chi connectivity index (χ0v) is 9.48. The molecule has 1 fully saturated rings. The molecular weight excluding hydrogens is 350 g/mol. The molecule has 0 unspecified atom stereocenters. The number of hydrogen-bond donors (Lipinski definition) is 2. The smallest absolute Gasteiger partial charge is 0 e. The van der Waals surface area contributed by atoms with E-state index in [4.69, 9.17) is 10.5 Å². The van der Waals surface area contributed by atoms with Crippen molar-refractivity contribution in [2.75, 3.05) is 5.75 Å². The SMILES string of the molecule is OO.[CH-]1CCCS1.[U]. The van der Waals surface area contributed by atoms with Crippen LogP contribution in [0.4, 0.5) is 0 Å². The molecule has 4 heteroatoms. The van der Waals surface area contributed by atoms with Crippen molar-refractivity contribution in [2.45, 2.75) is 12.8 Å². The Morgan fingerprint density at radius 2 is 2.00 bits per heavy atom. The number of thioether (sulfide) groups is 1. The second-order valence-corrected chi connectivity index (χ2v) is 2.25. The van der Waals surface area contributed by atoms with Crippen LogP contribution in [0.15, 0.2) is 0 Å². The van der Waals surface area contributed by atoms with Crippen LogP contribution >= 0.6 is 11.8 Å². The summed E-state index contributed by atoms with van der Waals surface area (Å²) in [5.41, 5.74) is 0. The van der Waals surface area contributed by atoms with E-state index in [9.17, 15) is 0 Å². The maximum absolute atomic E-state index is 6.00. The molecule has 1 saturated heterocycles. The van der Waals surface area contributed by atoms with E-state index in [2.05, 4.69) is 5.75 Å². The van der Waals surface area contributed by atoms with Crippen LogP contribution < -0.4 is 0 Å². The van der Waals surface area contributed by atoms with Gasteiger partial charge in [0.1, 0.15) is 0 Å². The first-order valence-electron chi connectivity index (χ1n) is 2.13. The van der Waals surface area contributed by atoms with E-state index in [0.717, 1.165) is 0 Å². The van der Waals surface area contributed by atoms with E-state index in [0.29, 0.717) is 0 Å². The molecule has 1 aliphatic rings. The molecule has 0 aliphatic carbocycles. The second-order valence-electron chi connectivity index (χ2n) is 1.18. The second kappa shape index (κ2) is 11.2. The van der Waals surface area contributed by atoms with Gasteiger partial charge in [0.2, 0.25) is 0 Å². The Bertz CT molecular complexity index is 25.6. The monoisotopic (exact) mass is 359 g/mol. The summed E-state index contributed by atoms with van der Waals surface area (Å²) in [6.45, 7) is 0. The van der Waals surface area contributed by atoms with Crippen molar-refractivity contribution in [1.29, 1.82) is 0 Å². The molecule has 1 rings (SSSR count). The van der Waals surface area contributed by atoms with Crippen LogP contribution in [-0.4, -0.2) is 16.3 Å². The van der Waals surface area contributed by atoms with E-state index in [-0.39, 0.29) is 31.1 Å². The fraction of sp³-hybridized carbons (Fsp3) is 0.750. The minimum atomic E-state index is 0. The van der Waals surface area contributed by atoms with Crippen molar-refractivity contribution in [2.24, 2.45) is 0 Å². The van der Waals surface area contributed by atoms with Crippen molar-refractivity contribution >= 4 is 11.8 Å². The fourth-order valence-electron chi connectivity index (χ4n) is 0.417. The Morgan fingerprint density at radius 1 is 1.38 bits per heavy atom. The molecule has 48 valence electrons. The van der Waals surface area contributed by atoms with Gasteiger partial charge in [-0.2, -0.15) is 6.42 Å². The summed E-state index contributed by atoms with van der Waals surface area (Å²) >= 11 is 1.95. The van der Waals surface area contributed by atoms with E-state index in [1.54, 1.807) is 0 Å². The van der Waals surface area contributed by atoms with Crippen LogP contribution in [0.1, 0.15) is 12.8 Å². The van der Waals surface area contributed by atoms with Crippen molar-refractivity contribution in [3.05, 3.63) is 5.75 Å². The van der Waals surface area contributed by atoms with E-state index in [1.807, 2.05) is 11.8 Å². The quantitative estimate of drug-likeness (QED) is 0.393. The summed E-state index contributed by atoms with van der Waals surface area (Å²) in [6.07, 6.45) is 2.75. The molecule has 0 atom stereocenters. The maximum atomic E-state index is 6.00. The van der Waals surface area contributed by atoms with Crippen molar-refractivity contribution in [3.63, 3.8) is 0 Å². The third-order valence-electron chi connectivity index (χ3n) is 0.702. The van der Waals surface area contributed by atoms with Gasteiger partial charge >= 0.3 is 0 Å². The Labute approximate surface area is 77.4 Å². The first kappa shape index (κ1) is 12.0. The molecule has 0 radical (unpaired) electrons. The van der Waals surface area contributed by atoms with Gasteiger partial charge in [-0.25, -0.2) is 0 Å². The average Bonchev–Trinajstić information content (AvgIpc) is 2.23. The third kappa shape index (κ3) is 7.32. The molecule has 8 heavy (non-hydrogen) atoms. The Kier molecular flexibility index (Phi) is 16.8. The minimum absolute atomic E-state index is 0. The van der Waals surface area contributed by atoms with Gasteiger partial charge in [0.05, 0.1) is 0 Å². The van der Waals surface area contributed by atoms with Crippen molar-refractivity contribution in [3.8, 4) is 0 Å². The first-order valence-corrected chi connectivity index (χ1v) is 3.18. The van der Waals surface area contributed by atoms with Gasteiger partial charge in [-0.15, -0.1) is 0 Å². The largest absolute Gasteiger partial charge is 0.351 e. The first-order chi connectivity index (χ1) is 3.50. The Balaban J connectivity index is 0. The van der Waals surface area contributed by atoms with Crippen LogP contribution in [0, 0.1) is 36.9 Å². The topological polar surface area (TPSA) is 40.5 Å². The van der Waals surface area contributed by atoms with E-state index >= 15 is 0 Å². The van der Waals surface area contributed by atoms with Gasteiger partial charge in [-0.3, -0.25) is 16.3 Å². The summed E-state index contributed by atoms with van der Waals surface area (Å²) < 4.78 is 0. The molecule has 0 aromatic carbocycles. The summed E-state index contributed by atoms with van der Waals surface area (Å²) in [5, 5.41) is 12.0. The predicted molar refractivity (Wildman–Crippen MR) is 31.2 cm³/mol. The fourth-order valence-corrected chi connectivity index (χ4v) is 1.25.